The van der Waals surface area contributed by atoms with Crippen molar-refractivity contribution in [2.24, 2.45) is 0 Å². The molecular formula is C17H16FNO3. The summed E-state index contributed by atoms with van der Waals surface area (Å²) in [6.07, 6.45) is 0.587. The molecule has 5 heteroatoms. The summed E-state index contributed by atoms with van der Waals surface area (Å²) in [5, 5.41) is 2.64. The molecule has 0 heterocycles. The molecule has 1 N–H and O–H groups in total. The van der Waals surface area contributed by atoms with Crippen LogP contribution >= 0.6 is 0 Å². The van der Waals surface area contributed by atoms with Crippen LogP contribution in [0.5, 0.6) is 5.75 Å². The van der Waals surface area contributed by atoms with E-state index in [1.807, 2.05) is 13.8 Å². The lowest BCUT2D eigenvalue weighted by molar-refractivity contribution is 0.102. The fourth-order valence-corrected chi connectivity index (χ4v) is 1.90. The van der Waals surface area contributed by atoms with Crippen molar-refractivity contribution in [3.63, 3.8) is 0 Å². The minimum Gasteiger partial charge on any atom is -0.489 e. The second kappa shape index (κ2) is 6.85. The zero-order chi connectivity index (χ0) is 16.1. The van der Waals surface area contributed by atoms with E-state index in [1.165, 1.54) is 24.3 Å². The van der Waals surface area contributed by atoms with Gasteiger partial charge in [0, 0.05) is 11.1 Å². The van der Waals surface area contributed by atoms with Gasteiger partial charge in [0.15, 0.2) is 0 Å². The number of hydrogen-bond acceptors (Lipinski definition) is 3. The van der Waals surface area contributed by atoms with E-state index in [9.17, 15) is 14.0 Å². The number of amides is 1. The largest absolute Gasteiger partial charge is 0.489 e. The van der Waals surface area contributed by atoms with Crippen LogP contribution in [0.2, 0.25) is 0 Å². The maximum Gasteiger partial charge on any atom is 0.255 e. The third kappa shape index (κ3) is 3.91. The van der Waals surface area contributed by atoms with Gasteiger partial charge in [-0.25, -0.2) is 4.39 Å². The number of halogens is 1. The first-order valence-corrected chi connectivity index (χ1v) is 6.82. The number of nitrogens with one attached hydrogen (secondary N) is 1. The van der Waals surface area contributed by atoms with Crippen LogP contribution in [0.4, 0.5) is 10.1 Å². The van der Waals surface area contributed by atoms with Gasteiger partial charge in [-0.15, -0.1) is 0 Å². The molecule has 22 heavy (non-hydrogen) atoms. The summed E-state index contributed by atoms with van der Waals surface area (Å²) in [6, 6.07) is 10.1. The Kier molecular flexibility index (Phi) is 4.88. The second-order valence-electron chi connectivity index (χ2n) is 5.00. The van der Waals surface area contributed by atoms with E-state index in [0.717, 1.165) is 6.07 Å². The summed E-state index contributed by atoms with van der Waals surface area (Å²) in [7, 11) is 0. The minimum absolute atomic E-state index is 0.0908. The maximum absolute atomic E-state index is 13.2. The van der Waals surface area contributed by atoms with Crippen molar-refractivity contribution >= 4 is 17.9 Å². The summed E-state index contributed by atoms with van der Waals surface area (Å²) in [5.41, 5.74) is 0.963. The van der Waals surface area contributed by atoms with Crippen molar-refractivity contribution in [1.29, 1.82) is 0 Å². The Balaban J connectivity index is 2.30. The normalized spacial score (nSPS) is 10.4. The van der Waals surface area contributed by atoms with Crippen LogP contribution in [0.1, 0.15) is 34.6 Å². The highest BCUT2D eigenvalue weighted by molar-refractivity contribution is 6.05. The molecule has 0 aliphatic carbocycles. The summed E-state index contributed by atoms with van der Waals surface area (Å²) in [6.45, 7) is 3.71. The minimum atomic E-state index is -0.493. The average molecular weight is 301 g/mol. The third-order valence-electron chi connectivity index (χ3n) is 2.84. The number of benzene rings is 2. The lowest BCUT2D eigenvalue weighted by Gasteiger charge is -2.15. The fraction of sp³-hybridized carbons (Fsp3) is 0.176. The van der Waals surface area contributed by atoms with E-state index in [1.54, 1.807) is 12.1 Å². The van der Waals surface area contributed by atoms with Crippen molar-refractivity contribution in [2.45, 2.75) is 20.0 Å². The van der Waals surface area contributed by atoms with Crippen LogP contribution in [0.3, 0.4) is 0 Å². The third-order valence-corrected chi connectivity index (χ3v) is 2.84. The van der Waals surface area contributed by atoms with Crippen molar-refractivity contribution in [3.8, 4) is 5.75 Å². The molecule has 0 spiro atoms. The predicted octanol–water partition coefficient (Wildman–Crippen LogP) is 3.68. The van der Waals surface area contributed by atoms with E-state index in [0.29, 0.717) is 23.3 Å². The van der Waals surface area contributed by atoms with Gasteiger partial charge < -0.3 is 10.1 Å². The van der Waals surface area contributed by atoms with E-state index < -0.39 is 11.7 Å². The lowest BCUT2D eigenvalue weighted by Crippen LogP contribution is -2.15. The van der Waals surface area contributed by atoms with Gasteiger partial charge in [0.2, 0.25) is 0 Å². The van der Waals surface area contributed by atoms with Crippen LogP contribution in [0.15, 0.2) is 42.5 Å². The molecule has 4 nitrogen and oxygen atoms in total. The Hall–Kier alpha value is -2.69. The lowest BCUT2D eigenvalue weighted by atomic mass is 10.1. The zero-order valence-electron chi connectivity index (χ0n) is 12.3. The highest BCUT2D eigenvalue weighted by Gasteiger charge is 2.12. The molecule has 114 valence electrons. The molecule has 0 unspecified atom stereocenters. The molecule has 1 amide bonds. The van der Waals surface area contributed by atoms with Crippen LogP contribution in [-0.2, 0) is 0 Å². The van der Waals surface area contributed by atoms with Crippen LogP contribution < -0.4 is 10.1 Å². The molecule has 0 aliphatic heterocycles. The number of hydrogen-bond donors (Lipinski definition) is 1. The Labute approximate surface area is 127 Å². The number of anilines is 1. The summed E-state index contributed by atoms with van der Waals surface area (Å²) < 4.78 is 18.8. The number of aldehydes is 1. The van der Waals surface area contributed by atoms with Crippen molar-refractivity contribution in [3.05, 3.63) is 59.4 Å². The molecule has 0 saturated carbocycles. The van der Waals surface area contributed by atoms with E-state index >= 15 is 0 Å². The topological polar surface area (TPSA) is 55.4 Å². The van der Waals surface area contributed by atoms with Gasteiger partial charge in [-0.1, -0.05) is 6.07 Å². The molecule has 0 aromatic heterocycles. The average Bonchev–Trinajstić information content (AvgIpc) is 2.48. The molecule has 2 rings (SSSR count). The summed E-state index contributed by atoms with van der Waals surface area (Å²) in [5.74, 6) is -0.519. The number of ether oxygens (including phenoxy) is 1. The highest BCUT2D eigenvalue weighted by Crippen LogP contribution is 2.27. The molecule has 0 radical (unpaired) electrons. The van der Waals surface area contributed by atoms with Gasteiger partial charge in [0.05, 0.1) is 11.8 Å². The van der Waals surface area contributed by atoms with Gasteiger partial charge in [-0.2, -0.15) is 0 Å². The smallest absolute Gasteiger partial charge is 0.255 e. The van der Waals surface area contributed by atoms with Gasteiger partial charge in [0.25, 0.3) is 5.91 Å². The van der Waals surface area contributed by atoms with E-state index in [4.69, 9.17) is 4.74 Å². The fourth-order valence-electron chi connectivity index (χ4n) is 1.90. The van der Waals surface area contributed by atoms with Crippen molar-refractivity contribution < 1.29 is 18.7 Å². The van der Waals surface area contributed by atoms with Crippen molar-refractivity contribution in [2.75, 3.05) is 5.32 Å². The van der Waals surface area contributed by atoms with Gasteiger partial charge in [-0.3, -0.25) is 9.59 Å². The Morgan fingerprint density at radius 1 is 1.23 bits per heavy atom. The molecule has 0 saturated heterocycles. The Morgan fingerprint density at radius 2 is 2.00 bits per heavy atom. The summed E-state index contributed by atoms with van der Waals surface area (Å²) in [4.78, 5) is 23.1. The summed E-state index contributed by atoms with van der Waals surface area (Å²) >= 11 is 0. The molecule has 0 aliphatic rings. The van der Waals surface area contributed by atoms with E-state index in [2.05, 4.69) is 5.32 Å². The molecule has 0 fully saturated rings. The van der Waals surface area contributed by atoms with Gasteiger partial charge in [0.1, 0.15) is 17.9 Å². The van der Waals surface area contributed by atoms with Crippen molar-refractivity contribution in [1.82, 2.24) is 0 Å². The molecule has 0 atom stereocenters. The predicted molar refractivity (Wildman–Crippen MR) is 81.9 cm³/mol. The van der Waals surface area contributed by atoms with Gasteiger partial charge in [-0.05, 0) is 50.2 Å². The number of carbonyl (C=O) groups excluding carboxylic acids is 2. The molecule has 2 aromatic rings. The monoisotopic (exact) mass is 301 g/mol. The first-order chi connectivity index (χ1) is 10.5. The van der Waals surface area contributed by atoms with Crippen LogP contribution in [0, 0.1) is 5.82 Å². The molecule has 0 bridgehead atoms. The Morgan fingerprint density at radius 3 is 2.64 bits per heavy atom. The highest BCUT2D eigenvalue weighted by atomic mass is 19.1. The SMILES string of the molecule is CC(C)Oc1ccc(C=O)cc1NC(=O)c1cccc(F)c1. The van der Waals surface area contributed by atoms with E-state index in [-0.39, 0.29) is 11.7 Å². The molecule has 2 aromatic carbocycles. The van der Waals surface area contributed by atoms with Crippen LogP contribution in [0.25, 0.3) is 0 Å². The zero-order valence-corrected chi connectivity index (χ0v) is 12.3. The number of carbonyl (C=O) groups is 2. The molecular weight excluding hydrogens is 285 g/mol. The first-order valence-electron chi connectivity index (χ1n) is 6.82. The van der Waals surface area contributed by atoms with Gasteiger partial charge >= 0.3 is 0 Å². The maximum atomic E-state index is 13.2. The standard InChI is InChI=1S/C17H16FNO3/c1-11(2)22-16-7-6-12(10-20)8-15(16)19-17(21)13-4-3-5-14(18)9-13/h3-11H,1-2H3,(H,19,21). The number of rotatable bonds is 5. The van der Waals surface area contributed by atoms with Crippen LogP contribution in [-0.4, -0.2) is 18.3 Å². The second-order valence-corrected chi connectivity index (χ2v) is 5.00. The quantitative estimate of drug-likeness (QED) is 0.857. The Bertz CT molecular complexity index is 698. The first kappa shape index (κ1) is 15.7.